The number of hydrogen-bond acceptors (Lipinski definition) is 3. The molecule has 3 nitrogen and oxygen atoms in total. The fourth-order valence-electron chi connectivity index (χ4n) is 3.58. The molecule has 136 valence electrons. The molecule has 4 rings (SSSR count). The highest BCUT2D eigenvalue weighted by Crippen LogP contribution is 2.43. The lowest BCUT2D eigenvalue weighted by Gasteiger charge is -2.33. The molecule has 3 heterocycles. The number of rotatable bonds is 3. The maximum atomic E-state index is 12.3. The third-order valence-electron chi connectivity index (χ3n) is 4.80. The van der Waals surface area contributed by atoms with Crippen molar-refractivity contribution >= 4 is 40.4 Å². The van der Waals surface area contributed by atoms with E-state index in [4.69, 9.17) is 23.2 Å². The molecule has 27 heavy (non-hydrogen) atoms. The topological polar surface area (TPSA) is 33.2 Å². The van der Waals surface area contributed by atoms with Crippen LogP contribution in [-0.2, 0) is 11.3 Å². The lowest BCUT2D eigenvalue weighted by Crippen LogP contribution is -2.37. The van der Waals surface area contributed by atoms with Crippen molar-refractivity contribution in [3.63, 3.8) is 0 Å². The van der Waals surface area contributed by atoms with Crippen LogP contribution in [0.15, 0.2) is 61.3 Å². The average molecular weight is 415 g/mol. The molecule has 0 radical (unpaired) electrons. The van der Waals surface area contributed by atoms with E-state index in [1.165, 1.54) is 23.0 Å². The zero-order valence-electron chi connectivity index (χ0n) is 14.4. The van der Waals surface area contributed by atoms with Crippen LogP contribution < -0.4 is 0 Å². The first-order valence-corrected chi connectivity index (χ1v) is 10.0. The predicted molar refractivity (Wildman–Crippen MR) is 111 cm³/mol. The van der Waals surface area contributed by atoms with E-state index in [2.05, 4.69) is 17.6 Å². The van der Waals surface area contributed by atoms with Crippen molar-refractivity contribution in [1.82, 2.24) is 9.88 Å². The summed E-state index contributed by atoms with van der Waals surface area (Å²) in [6.07, 6.45) is 3.04. The Kier molecular flexibility index (Phi) is 5.04. The summed E-state index contributed by atoms with van der Waals surface area (Å²) in [7, 11) is 0. The van der Waals surface area contributed by atoms with E-state index in [0.717, 1.165) is 25.9 Å². The molecular weight excluding hydrogens is 399 g/mol. The summed E-state index contributed by atoms with van der Waals surface area (Å²) >= 11 is 14.2. The Morgan fingerprint density at radius 1 is 1.19 bits per heavy atom. The Balaban J connectivity index is 1.87. The Morgan fingerprint density at radius 3 is 2.74 bits per heavy atom. The van der Waals surface area contributed by atoms with Crippen molar-refractivity contribution in [3.8, 4) is 11.1 Å². The monoisotopic (exact) mass is 414 g/mol. The molecule has 1 amide bonds. The number of nitrogens with zero attached hydrogens (tertiary/aromatic N) is 2. The minimum atomic E-state index is -0.0768. The predicted octanol–water partition coefficient (Wildman–Crippen LogP) is 5.78. The Morgan fingerprint density at radius 2 is 1.96 bits per heavy atom. The Bertz CT molecular complexity index is 1030. The van der Waals surface area contributed by atoms with Crippen LogP contribution in [0.3, 0.4) is 0 Å². The molecule has 6 heteroatoms. The Hall–Kier alpha value is -2.14. The molecular formula is C21H16Cl2N2OS. The molecule has 0 bridgehead atoms. The van der Waals surface area contributed by atoms with Crippen molar-refractivity contribution < 1.29 is 4.79 Å². The van der Waals surface area contributed by atoms with Crippen molar-refractivity contribution in [1.29, 1.82) is 0 Å². The van der Waals surface area contributed by atoms with Gasteiger partial charge in [-0.1, -0.05) is 54.0 Å². The molecule has 0 fully saturated rings. The molecule has 0 aliphatic carbocycles. The molecule has 0 saturated carbocycles. The van der Waals surface area contributed by atoms with Crippen molar-refractivity contribution in [2.24, 2.45) is 0 Å². The van der Waals surface area contributed by atoms with Crippen LogP contribution in [0.4, 0.5) is 0 Å². The first kappa shape index (κ1) is 18.2. The summed E-state index contributed by atoms with van der Waals surface area (Å²) in [5.41, 5.74) is 4.17. The van der Waals surface area contributed by atoms with Gasteiger partial charge in [-0.2, -0.15) is 0 Å². The summed E-state index contributed by atoms with van der Waals surface area (Å²) in [6, 6.07) is 14.0. The Labute approximate surface area is 171 Å². The number of pyridine rings is 1. The van der Waals surface area contributed by atoms with Crippen LogP contribution in [0.1, 0.15) is 21.9 Å². The van der Waals surface area contributed by atoms with Gasteiger partial charge in [0.05, 0.1) is 10.9 Å². The van der Waals surface area contributed by atoms with E-state index < -0.39 is 0 Å². The van der Waals surface area contributed by atoms with Gasteiger partial charge in [-0.15, -0.1) is 11.3 Å². The summed E-state index contributed by atoms with van der Waals surface area (Å²) in [6.45, 7) is 4.76. The third-order valence-corrected chi connectivity index (χ3v) is 6.36. The quantitative estimate of drug-likeness (QED) is 0.402. The summed E-state index contributed by atoms with van der Waals surface area (Å²) < 4.78 is 0.731. The second-order valence-electron chi connectivity index (χ2n) is 6.33. The molecule has 2 aromatic heterocycles. The van der Waals surface area contributed by atoms with E-state index in [9.17, 15) is 4.79 Å². The standard InChI is InChI=1S/C21H16Cl2N2OS/c1-2-20(26)25-11-17(16-10-19(22)27-18(16)12-25)14-7-4-3-6-13(14)15-8-5-9-24-21(15)23/h2-10,17H,1,11-12H2/t17-/m0/s1. The molecule has 1 aliphatic heterocycles. The highest BCUT2D eigenvalue weighted by Gasteiger charge is 2.31. The highest BCUT2D eigenvalue weighted by molar-refractivity contribution is 7.16. The first-order valence-electron chi connectivity index (χ1n) is 8.47. The fraction of sp³-hybridized carbons (Fsp3) is 0.143. The van der Waals surface area contributed by atoms with E-state index in [0.29, 0.717) is 18.2 Å². The van der Waals surface area contributed by atoms with E-state index in [1.807, 2.05) is 41.3 Å². The number of amides is 1. The van der Waals surface area contributed by atoms with Gasteiger partial charge in [0, 0.05) is 29.1 Å². The van der Waals surface area contributed by atoms with Crippen molar-refractivity contribution in [2.75, 3.05) is 6.54 Å². The van der Waals surface area contributed by atoms with Gasteiger partial charge in [0.1, 0.15) is 5.15 Å². The zero-order chi connectivity index (χ0) is 19.0. The van der Waals surface area contributed by atoms with Gasteiger partial charge in [-0.3, -0.25) is 4.79 Å². The summed E-state index contributed by atoms with van der Waals surface area (Å²) in [4.78, 5) is 19.5. The lowest BCUT2D eigenvalue weighted by molar-refractivity contribution is -0.127. The summed E-state index contributed by atoms with van der Waals surface area (Å²) in [5.74, 6) is -0.0686. The number of benzene rings is 1. The largest absolute Gasteiger partial charge is 0.333 e. The smallest absolute Gasteiger partial charge is 0.246 e. The zero-order valence-corrected chi connectivity index (χ0v) is 16.7. The minimum absolute atomic E-state index is 0.00822. The van der Waals surface area contributed by atoms with E-state index >= 15 is 0 Å². The maximum absolute atomic E-state index is 12.3. The van der Waals surface area contributed by atoms with Crippen molar-refractivity contribution in [2.45, 2.75) is 12.5 Å². The number of hydrogen-bond donors (Lipinski definition) is 0. The van der Waals surface area contributed by atoms with Crippen LogP contribution in [0.25, 0.3) is 11.1 Å². The second-order valence-corrected chi connectivity index (χ2v) is 8.46. The second kappa shape index (κ2) is 7.47. The van der Waals surface area contributed by atoms with Crippen LogP contribution in [0, 0.1) is 0 Å². The molecule has 1 aromatic carbocycles. The van der Waals surface area contributed by atoms with Crippen molar-refractivity contribution in [3.05, 3.63) is 86.8 Å². The molecule has 0 unspecified atom stereocenters. The van der Waals surface area contributed by atoms with Gasteiger partial charge < -0.3 is 4.90 Å². The summed E-state index contributed by atoms with van der Waals surface area (Å²) in [5, 5.41) is 0.461. The molecule has 0 saturated heterocycles. The molecule has 0 spiro atoms. The van der Waals surface area contributed by atoms with Crippen LogP contribution >= 0.6 is 34.5 Å². The van der Waals surface area contributed by atoms with Gasteiger partial charge in [-0.25, -0.2) is 4.98 Å². The van der Waals surface area contributed by atoms with Gasteiger partial charge in [0.15, 0.2) is 0 Å². The van der Waals surface area contributed by atoms with Gasteiger partial charge in [-0.05, 0) is 41.0 Å². The lowest BCUT2D eigenvalue weighted by atomic mass is 9.84. The number of halogens is 2. The van der Waals surface area contributed by atoms with E-state index in [1.54, 1.807) is 6.20 Å². The number of thiophene rings is 1. The molecule has 1 aliphatic rings. The van der Waals surface area contributed by atoms with Crippen LogP contribution in [0.2, 0.25) is 9.49 Å². The first-order chi connectivity index (χ1) is 13.1. The van der Waals surface area contributed by atoms with Gasteiger partial charge in [0.2, 0.25) is 5.91 Å². The third kappa shape index (κ3) is 3.41. The molecule has 0 N–H and O–H groups in total. The normalized spacial score (nSPS) is 16.1. The number of carbonyl (C=O) groups excluding carboxylic acids is 1. The minimum Gasteiger partial charge on any atom is -0.333 e. The SMILES string of the molecule is C=CC(=O)N1Cc2sc(Cl)cc2[C@H](c2ccccc2-c2cccnc2Cl)C1. The number of aromatic nitrogens is 1. The number of carbonyl (C=O) groups is 1. The fourth-order valence-corrected chi connectivity index (χ4v) is 5.16. The average Bonchev–Trinajstić information content (AvgIpc) is 3.07. The highest BCUT2D eigenvalue weighted by atomic mass is 35.5. The van der Waals surface area contributed by atoms with Crippen LogP contribution in [0.5, 0.6) is 0 Å². The van der Waals surface area contributed by atoms with Crippen LogP contribution in [-0.4, -0.2) is 22.3 Å². The van der Waals surface area contributed by atoms with E-state index in [-0.39, 0.29) is 11.8 Å². The number of fused-ring (bicyclic) bond motifs is 1. The molecule has 1 atom stereocenters. The van der Waals surface area contributed by atoms with Gasteiger partial charge >= 0.3 is 0 Å². The van der Waals surface area contributed by atoms with Gasteiger partial charge in [0.25, 0.3) is 0 Å². The molecule has 3 aromatic rings. The maximum Gasteiger partial charge on any atom is 0.246 e.